The highest BCUT2D eigenvalue weighted by Crippen LogP contribution is 2.25. The molecular weight excluding hydrogens is 268 g/mol. The smallest absolute Gasteiger partial charge is 0.387 e. The van der Waals surface area contributed by atoms with Gasteiger partial charge >= 0.3 is 12.6 Å². The highest BCUT2D eigenvalue weighted by Gasteiger charge is 2.35. The van der Waals surface area contributed by atoms with E-state index < -0.39 is 18.1 Å². The van der Waals surface area contributed by atoms with Crippen molar-refractivity contribution in [1.82, 2.24) is 5.32 Å². The van der Waals surface area contributed by atoms with Gasteiger partial charge in [0.05, 0.1) is 6.61 Å². The van der Waals surface area contributed by atoms with Crippen molar-refractivity contribution in [1.29, 1.82) is 0 Å². The van der Waals surface area contributed by atoms with Crippen molar-refractivity contribution in [2.75, 3.05) is 13.2 Å². The van der Waals surface area contributed by atoms with E-state index in [-0.39, 0.29) is 12.4 Å². The van der Waals surface area contributed by atoms with Crippen molar-refractivity contribution >= 4 is 5.97 Å². The molecule has 0 aliphatic rings. The number of benzene rings is 1. The van der Waals surface area contributed by atoms with Crippen LogP contribution < -0.4 is 10.1 Å². The van der Waals surface area contributed by atoms with Crippen LogP contribution in [0.25, 0.3) is 0 Å². The summed E-state index contributed by atoms with van der Waals surface area (Å²) >= 11 is 0. The van der Waals surface area contributed by atoms with Gasteiger partial charge in [0.25, 0.3) is 0 Å². The Morgan fingerprint density at radius 2 is 1.90 bits per heavy atom. The van der Waals surface area contributed by atoms with Gasteiger partial charge in [-0.15, -0.1) is 0 Å². The molecular formula is C14H19F2NO3. The SMILES string of the molecule is CCNC(C)(C(=O)OCC)c1ccc(OC(F)F)cc1. The van der Waals surface area contributed by atoms with Crippen LogP contribution in [0.3, 0.4) is 0 Å². The molecule has 1 aromatic rings. The van der Waals surface area contributed by atoms with E-state index in [0.29, 0.717) is 12.1 Å². The number of hydrogen-bond donors (Lipinski definition) is 1. The second kappa shape index (κ2) is 7.19. The second-order valence-corrected chi connectivity index (χ2v) is 4.28. The lowest BCUT2D eigenvalue weighted by atomic mass is 9.92. The maximum atomic E-state index is 12.1. The lowest BCUT2D eigenvalue weighted by Crippen LogP contribution is -2.47. The molecule has 1 unspecified atom stereocenters. The maximum Gasteiger partial charge on any atom is 0.387 e. The van der Waals surface area contributed by atoms with Crippen molar-refractivity contribution in [3.05, 3.63) is 29.8 Å². The Morgan fingerprint density at radius 3 is 2.35 bits per heavy atom. The normalized spacial score (nSPS) is 13.9. The minimum atomic E-state index is -2.87. The molecule has 0 bridgehead atoms. The highest BCUT2D eigenvalue weighted by atomic mass is 19.3. The average Bonchev–Trinajstić information content (AvgIpc) is 2.39. The number of carbonyl (C=O) groups excluding carboxylic acids is 1. The molecule has 0 saturated heterocycles. The fourth-order valence-corrected chi connectivity index (χ4v) is 1.89. The van der Waals surface area contributed by atoms with Crippen LogP contribution in [0, 0.1) is 0 Å². The quantitative estimate of drug-likeness (QED) is 0.783. The van der Waals surface area contributed by atoms with E-state index >= 15 is 0 Å². The number of rotatable bonds is 7. The number of alkyl halides is 2. The minimum absolute atomic E-state index is 0.0476. The van der Waals surface area contributed by atoms with Gasteiger partial charge in [0.15, 0.2) is 0 Å². The Hall–Kier alpha value is -1.69. The first-order valence-corrected chi connectivity index (χ1v) is 6.41. The van der Waals surface area contributed by atoms with Crippen LogP contribution in [-0.4, -0.2) is 25.7 Å². The summed E-state index contributed by atoms with van der Waals surface area (Å²) in [6.07, 6.45) is 0. The molecule has 0 aromatic heterocycles. The van der Waals surface area contributed by atoms with Crippen molar-refractivity contribution in [3.63, 3.8) is 0 Å². The predicted molar refractivity (Wildman–Crippen MR) is 70.7 cm³/mol. The Bertz CT molecular complexity index is 437. The summed E-state index contributed by atoms with van der Waals surface area (Å²) in [6, 6.07) is 5.93. The Labute approximate surface area is 117 Å². The van der Waals surface area contributed by atoms with Crippen LogP contribution in [0.2, 0.25) is 0 Å². The highest BCUT2D eigenvalue weighted by molar-refractivity contribution is 5.82. The largest absolute Gasteiger partial charge is 0.464 e. The molecule has 0 spiro atoms. The summed E-state index contributed by atoms with van der Waals surface area (Å²) in [5.74, 6) is -0.365. The fourth-order valence-electron chi connectivity index (χ4n) is 1.89. The average molecular weight is 287 g/mol. The Balaban J connectivity index is 3.00. The fraction of sp³-hybridized carbons (Fsp3) is 0.500. The molecule has 0 aliphatic carbocycles. The third-order valence-electron chi connectivity index (χ3n) is 2.87. The van der Waals surface area contributed by atoms with E-state index in [1.165, 1.54) is 12.1 Å². The van der Waals surface area contributed by atoms with Crippen LogP contribution in [0.15, 0.2) is 24.3 Å². The molecule has 0 amide bonds. The molecule has 20 heavy (non-hydrogen) atoms. The summed E-state index contributed by atoms with van der Waals surface area (Å²) in [5, 5.41) is 3.06. The number of nitrogens with one attached hydrogen (secondary N) is 1. The van der Waals surface area contributed by atoms with E-state index in [1.807, 2.05) is 6.92 Å². The lowest BCUT2D eigenvalue weighted by molar-refractivity contribution is -0.151. The van der Waals surface area contributed by atoms with Crippen molar-refractivity contribution in [2.45, 2.75) is 32.9 Å². The predicted octanol–water partition coefficient (Wildman–Crippen LogP) is 2.68. The summed E-state index contributed by atoms with van der Waals surface area (Å²) in [6.45, 7) is 3.25. The summed E-state index contributed by atoms with van der Waals surface area (Å²) in [4.78, 5) is 12.1. The van der Waals surface area contributed by atoms with E-state index in [9.17, 15) is 13.6 Å². The van der Waals surface area contributed by atoms with Gasteiger partial charge in [-0.25, -0.2) is 4.79 Å². The molecule has 4 nitrogen and oxygen atoms in total. The molecule has 0 radical (unpaired) electrons. The van der Waals surface area contributed by atoms with Gasteiger partial charge in [-0.05, 0) is 38.1 Å². The van der Waals surface area contributed by atoms with Gasteiger partial charge in [-0.3, -0.25) is 5.32 Å². The van der Waals surface area contributed by atoms with Crippen LogP contribution >= 0.6 is 0 Å². The third-order valence-corrected chi connectivity index (χ3v) is 2.87. The van der Waals surface area contributed by atoms with Crippen LogP contribution in [0.1, 0.15) is 26.3 Å². The van der Waals surface area contributed by atoms with Crippen LogP contribution in [0.4, 0.5) is 8.78 Å². The Kier molecular flexibility index (Phi) is 5.88. The lowest BCUT2D eigenvalue weighted by Gasteiger charge is -2.28. The van der Waals surface area contributed by atoms with Gasteiger partial charge in [-0.2, -0.15) is 8.78 Å². The summed E-state index contributed by atoms with van der Waals surface area (Å²) in [5.41, 5.74) is -0.395. The molecule has 1 N–H and O–H groups in total. The minimum Gasteiger partial charge on any atom is -0.464 e. The van der Waals surface area contributed by atoms with Gasteiger partial charge in [0.2, 0.25) is 0 Å². The Morgan fingerprint density at radius 1 is 1.30 bits per heavy atom. The first-order chi connectivity index (χ1) is 9.43. The number of ether oxygens (including phenoxy) is 2. The zero-order chi connectivity index (χ0) is 15.2. The summed E-state index contributed by atoms with van der Waals surface area (Å²) in [7, 11) is 0. The maximum absolute atomic E-state index is 12.1. The molecule has 0 saturated carbocycles. The molecule has 0 fully saturated rings. The van der Waals surface area contributed by atoms with Gasteiger partial charge in [0.1, 0.15) is 11.3 Å². The van der Waals surface area contributed by atoms with Gasteiger partial charge < -0.3 is 9.47 Å². The standard InChI is InChI=1S/C14H19F2NO3/c1-4-17-14(3,12(18)19-5-2)10-6-8-11(9-7-10)20-13(15)16/h6-9,13,17H,4-5H2,1-3H3. The molecule has 112 valence electrons. The monoisotopic (exact) mass is 287 g/mol. The van der Waals surface area contributed by atoms with E-state index in [4.69, 9.17) is 4.74 Å². The number of halogens is 2. The number of hydrogen-bond acceptors (Lipinski definition) is 4. The third kappa shape index (κ3) is 3.90. The molecule has 1 atom stereocenters. The zero-order valence-electron chi connectivity index (χ0n) is 11.8. The van der Waals surface area contributed by atoms with E-state index in [1.54, 1.807) is 26.0 Å². The van der Waals surface area contributed by atoms with Gasteiger partial charge in [-0.1, -0.05) is 19.1 Å². The van der Waals surface area contributed by atoms with Crippen molar-refractivity contribution in [2.24, 2.45) is 0 Å². The van der Waals surface area contributed by atoms with Crippen LogP contribution in [0.5, 0.6) is 5.75 Å². The first-order valence-electron chi connectivity index (χ1n) is 6.41. The molecule has 1 aromatic carbocycles. The zero-order valence-corrected chi connectivity index (χ0v) is 11.8. The molecule has 1 rings (SSSR count). The number of likely N-dealkylation sites (N-methyl/N-ethyl adjacent to an activating group) is 1. The summed E-state index contributed by atoms with van der Waals surface area (Å²) < 4.78 is 33.5. The van der Waals surface area contributed by atoms with E-state index in [2.05, 4.69) is 10.1 Å². The topological polar surface area (TPSA) is 47.6 Å². The molecule has 0 aliphatic heterocycles. The van der Waals surface area contributed by atoms with Crippen molar-refractivity contribution < 1.29 is 23.0 Å². The van der Waals surface area contributed by atoms with Crippen molar-refractivity contribution in [3.8, 4) is 5.75 Å². The molecule has 6 heteroatoms. The number of esters is 1. The number of carbonyl (C=O) groups is 1. The van der Waals surface area contributed by atoms with Crippen LogP contribution in [-0.2, 0) is 15.1 Å². The first kappa shape index (κ1) is 16.4. The second-order valence-electron chi connectivity index (χ2n) is 4.28. The van der Waals surface area contributed by atoms with Gasteiger partial charge in [0, 0.05) is 0 Å². The molecule has 0 heterocycles. The van der Waals surface area contributed by atoms with E-state index in [0.717, 1.165) is 0 Å².